The van der Waals surface area contributed by atoms with Gasteiger partial charge in [0.1, 0.15) is 0 Å². The van der Waals surface area contributed by atoms with Gasteiger partial charge in [-0.3, -0.25) is 19.4 Å². The Hall–Kier alpha value is -3.42. The fraction of sp³-hybridized carbons (Fsp3) is 0.391. The summed E-state index contributed by atoms with van der Waals surface area (Å²) in [6.45, 7) is 0.266. The molecule has 0 bridgehead atoms. The van der Waals surface area contributed by atoms with Crippen LogP contribution in [-0.2, 0) is 11.2 Å². The second-order valence-corrected chi connectivity index (χ2v) is 8.06. The zero-order chi connectivity index (χ0) is 21.0. The lowest BCUT2D eigenvalue weighted by atomic mass is 9.91. The van der Waals surface area contributed by atoms with E-state index < -0.39 is 0 Å². The summed E-state index contributed by atoms with van der Waals surface area (Å²) in [6, 6.07) is 6.44. The van der Waals surface area contributed by atoms with Gasteiger partial charge in [-0.2, -0.15) is 5.10 Å². The number of carbonyl (C=O) groups is 1. The number of rotatable bonds is 6. The summed E-state index contributed by atoms with van der Waals surface area (Å²) >= 11 is 0. The minimum atomic E-state index is 0.102. The van der Waals surface area contributed by atoms with Crippen LogP contribution in [0.3, 0.4) is 0 Å². The molecule has 5 rings (SSSR count). The summed E-state index contributed by atoms with van der Waals surface area (Å²) < 4.78 is 12.8. The van der Waals surface area contributed by atoms with Gasteiger partial charge in [0.2, 0.25) is 12.7 Å². The van der Waals surface area contributed by atoms with E-state index in [1.807, 2.05) is 35.3 Å². The van der Waals surface area contributed by atoms with E-state index in [9.17, 15) is 4.79 Å². The van der Waals surface area contributed by atoms with E-state index in [0.29, 0.717) is 18.9 Å². The Morgan fingerprint density at radius 3 is 2.81 bits per heavy atom. The first-order valence-electron chi connectivity index (χ1n) is 10.7. The van der Waals surface area contributed by atoms with E-state index in [2.05, 4.69) is 20.4 Å². The molecule has 0 spiro atoms. The van der Waals surface area contributed by atoms with E-state index in [1.54, 1.807) is 18.6 Å². The number of carbonyl (C=O) groups excluding carboxylic acids is 1. The number of benzene rings is 1. The Labute approximate surface area is 180 Å². The lowest BCUT2D eigenvalue weighted by Crippen LogP contribution is -2.38. The number of aromatic nitrogens is 4. The van der Waals surface area contributed by atoms with Crippen LogP contribution in [0, 0.1) is 0 Å². The van der Waals surface area contributed by atoms with Crippen molar-refractivity contribution in [1.82, 2.24) is 25.1 Å². The highest BCUT2D eigenvalue weighted by Crippen LogP contribution is 2.33. The zero-order valence-electron chi connectivity index (χ0n) is 17.2. The number of amides is 1. The summed E-state index contributed by atoms with van der Waals surface area (Å²) in [7, 11) is 0. The molecular formula is C23H25N5O3. The predicted molar refractivity (Wildman–Crippen MR) is 114 cm³/mol. The summed E-state index contributed by atoms with van der Waals surface area (Å²) in [5, 5.41) is 7.73. The molecule has 1 amide bonds. The number of nitrogens with zero attached hydrogens (tertiary/aromatic N) is 4. The summed E-state index contributed by atoms with van der Waals surface area (Å²) in [4.78, 5) is 20.9. The Kier molecular flexibility index (Phi) is 5.52. The second kappa shape index (κ2) is 8.75. The SMILES string of the molecule is O=C(CCc1ccc2c(c1)OCO2)NC1CCC(n2cc(-c3cnccn3)cn2)CC1. The predicted octanol–water partition coefficient (Wildman–Crippen LogP) is 3.30. The van der Waals surface area contributed by atoms with E-state index in [0.717, 1.165) is 54.0 Å². The Bertz CT molecular complexity index is 1040. The quantitative estimate of drug-likeness (QED) is 0.659. The maximum absolute atomic E-state index is 12.4. The highest BCUT2D eigenvalue weighted by atomic mass is 16.7. The Balaban J connectivity index is 1.08. The molecule has 1 saturated carbocycles. The van der Waals surface area contributed by atoms with Gasteiger partial charge in [-0.05, 0) is 49.8 Å². The van der Waals surface area contributed by atoms with E-state index in [1.165, 1.54) is 0 Å². The van der Waals surface area contributed by atoms with Crippen LogP contribution < -0.4 is 14.8 Å². The molecule has 3 heterocycles. The smallest absolute Gasteiger partial charge is 0.231 e. The van der Waals surface area contributed by atoms with Crippen molar-refractivity contribution in [3.05, 3.63) is 54.7 Å². The molecule has 1 fully saturated rings. The van der Waals surface area contributed by atoms with Gasteiger partial charge in [0, 0.05) is 36.6 Å². The lowest BCUT2D eigenvalue weighted by molar-refractivity contribution is -0.122. The zero-order valence-corrected chi connectivity index (χ0v) is 17.2. The second-order valence-electron chi connectivity index (χ2n) is 8.06. The molecule has 8 nitrogen and oxygen atoms in total. The van der Waals surface area contributed by atoms with Crippen molar-refractivity contribution in [2.24, 2.45) is 0 Å². The van der Waals surface area contributed by atoms with Crippen molar-refractivity contribution >= 4 is 5.91 Å². The molecule has 31 heavy (non-hydrogen) atoms. The van der Waals surface area contributed by atoms with Crippen molar-refractivity contribution in [3.8, 4) is 22.8 Å². The molecule has 160 valence electrons. The molecule has 1 aliphatic carbocycles. The van der Waals surface area contributed by atoms with Crippen molar-refractivity contribution < 1.29 is 14.3 Å². The topological polar surface area (TPSA) is 91.2 Å². The average molecular weight is 419 g/mol. The van der Waals surface area contributed by atoms with E-state index >= 15 is 0 Å². The van der Waals surface area contributed by atoms with Gasteiger partial charge in [0.25, 0.3) is 0 Å². The minimum Gasteiger partial charge on any atom is -0.454 e. The van der Waals surface area contributed by atoms with Crippen LogP contribution in [-0.4, -0.2) is 38.5 Å². The largest absolute Gasteiger partial charge is 0.454 e. The number of nitrogens with one attached hydrogen (secondary N) is 1. The first-order valence-corrected chi connectivity index (χ1v) is 10.7. The van der Waals surface area contributed by atoms with Crippen molar-refractivity contribution in [2.45, 2.75) is 50.6 Å². The molecule has 1 aliphatic heterocycles. The molecule has 1 N–H and O–H groups in total. The number of fused-ring (bicyclic) bond motifs is 1. The standard InChI is InChI=1S/C23H25N5O3/c29-23(8-2-16-1-7-21-22(11-16)31-15-30-21)27-18-3-5-19(6-4-18)28-14-17(12-26-28)20-13-24-9-10-25-20/h1,7,9-14,18-19H,2-6,8,15H2,(H,27,29). The molecule has 0 unspecified atom stereocenters. The fourth-order valence-electron chi connectivity index (χ4n) is 4.26. The number of ether oxygens (including phenoxy) is 2. The van der Waals surface area contributed by atoms with Crippen LogP contribution in [0.2, 0.25) is 0 Å². The van der Waals surface area contributed by atoms with Crippen molar-refractivity contribution in [1.29, 1.82) is 0 Å². The van der Waals surface area contributed by atoms with Crippen LogP contribution in [0.15, 0.2) is 49.2 Å². The Morgan fingerprint density at radius 1 is 1.10 bits per heavy atom. The third kappa shape index (κ3) is 4.52. The summed E-state index contributed by atoms with van der Waals surface area (Å²) in [6.07, 6.45) is 14.1. The van der Waals surface area contributed by atoms with Gasteiger partial charge in [-0.25, -0.2) is 0 Å². The molecule has 8 heteroatoms. The number of hydrogen-bond donors (Lipinski definition) is 1. The molecule has 0 radical (unpaired) electrons. The molecule has 0 saturated heterocycles. The highest BCUT2D eigenvalue weighted by Gasteiger charge is 2.24. The number of aryl methyl sites for hydroxylation is 1. The molecule has 2 aliphatic rings. The fourth-order valence-corrected chi connectivity index (χ4v) is 4.26. The van der Waals surface area contributed by atoms with Crippen molar-refractivity contribution in [2.75, 3.05) is 6.79 Å². The van der Waals surface area contributed by atoms with Crippen LogP contribution in [0.4, 0.5) is 0 Å². The van der Waals surface area contributed by atoms with Gasteiger partial charge in [0.05, 0.1) is 24.1 Å². The van der Waals surface area contributed by atoms with E-state index in [-0.39, 0.29) is 18.7 Å². The molecule has 2 aromatic heterocycles. The van der Waals surface area contributed by atoms with Crippen LogP contribution in [0.1, 0.15) is 43.7 Å². The van der Waals surface area contributed by atoms with Crippen molar-refractivity contribution in [3.63, 3.8) is 0 Å². The highest BCUT2D eigenvalue weighted by molar-refractivity contribution is 5.76. The first kappa shape index (κ1) is 19.5. The average Bonchev–Trinajstić information content (AvgIpc) is 3.48. The molecule has 3 aromatic rings. The van der Waals surface area contributed by atoms with Gasteiger partial charge in [0.15, 0.2) is 11.5 Å². The lowest BCUT2D eigenvalue weighted by Gasteiger charge is -2.29. The summed E-state index contributed by atoms with van der Waals surface area (Å²) in [5.41, 5.74) is 2.89. The van der Waals surface area contributed by atoms with Crippen LogP contribution >= 0.6 is 0 Å². The summed E-state index contributed by atoms with van der Waals surface area (Å²) in [5.74, 6) is 1.63. The van der Waals surface area contributed by atoms with Gasteiger partial charge in [-0.15, -0.1) is 0 Å². The maximum atomic E-state index is 12.4. The van der Waals surface area contributed by atoms with Crippen LogP contribution in [0.25, 0.3) is 11.3 Å². The van der Waals surface area contributed by atoms with Gasteiger partial charge >= 0.3 is 0 Å². The molecular weight excluding hydrogens is 394 g/mol. The van der Waals surface area contributed by atoms with Crippen LogP contribution in [0.5, 0.6) is 11.5 Å². The van der Waals surface area contributed by atoms with E-state index in [4.69, 9.17) is 9.47 Å². The monoisotopic (exact) mass is 419 g/mol. The van der Waals surface area contributed by atoms with Gasteiger partial charge in [-0.1, -0.05) is 6.07 Å². The number of hydrogen-bond acceptors (Lipinski definition) is 6. The molecule has 1 aromatic carbocycles. The van der Waals surface area contributed by atoms with Gasteiger partial charge < -0.3 is 14.8 Å². The third-order valence-corrected chi connectivity index (χ3v) is 5.97. The third-order valence-electron chi connectivity index (χ3n) is 5.97. The first-order chi connectivity index (χ1) is 15.2. The minimum absolute atomic E-state index is 0.102. The molecule has 0 atom stereocenters. The Morgan fingerprint density at radius 2 is 1.97 bits per heavy atom. The normalized spacial score (nSPS) is 19.9. The maximum Gasteiger partial charge on any atom is 0.231 e.